The highest BCUT2D eigenvalue weighted by Crippen LogP contribution is 2.36. The molecule has 0 saturated carbocycles. The van der Waals surface area contributed by atoms with E-state index < -0.39 is 23.5 Å². The van der Waals surface area contributed by atoms with Crippen LogP contribution in [0.25, 0.3) is 0 Å². The van der Waals surface area contributed by atoms with Crippen LogP contribution in [0.15, 0.2) is 41.9 Å². The first kappa shape index (κ1) is 24.3. The van der Waals surface area contributed by atoms with Crippen LogP contribution in [0.5, 0.6) is 0 Å². The molecule has 2 aromatic heterocycles. The van der Waals surface area contributed by atoms with Gasteiger partial charge in [-0.05, 0) is 35.7 Å². The Balaban J connectivity index is 1.51. The van der Waals surface area contributed by atoms with E-state index >= 15 is 0 Å². The van der Waals surface area contributed by atoms with Crippen LogP contribution in [0.4, 0.5) is 42.0 Å². The number of carbonyl (C=O) groups excluding carboxylic acids is 1. The van der Waals surface area contributed by atoms with Gasteiger partial charge in [-0.2, -0.15) is 18.2 Å². The van der Waals surface area contributed by atoms with E-state index in [-0.39, 0.29) is 22.4 Å². The molecule has 3 heterocycles. The van der Waals surface area contributed by atoms with Gasteiger partial charge in [-0.25, -0.2) is 9.78 Å². The van der Waals surface area contributed by atoms with Crippen molar-refractivity contribution in [3.05, 3.63) is 52.3 Å². The zero-order valence-corrected chi connectivity index (χ0v) is 19.3. The van der Waals surface area contributed by atoms with E-state index in [9.17, 15) is 27.9 Å². The number of nitrogens with one attached hydrogen (secondary N) is 2. The molecule has 0 bridgehead atoms. The Morgan fingerprint density at radius 2 is 1.74 bits per heavy atom. The minimum absolute atomic E-state index is 0.00636. The number of amides is 1. The molecule has 4 rings (SSSR count). The normalized spacial score (nSPS) is 14.1. The average Bonchev–Trinajstić information content (AvgIpc) is 3.27. The van der Waals surface area contributed by atoms with Crippen molar-refractivity contribution in [2.75, 3.05) is 41.7 Å². The van der Waals surface area contributed by atoms with Crippen molar-refractivity contribution in [2.24, 2.45) is 0 Å². The van der Waals surface area contributed by atoms with E-state index in [1.165, 1.54) is 11.4 Å². The molecule has 1 fully saturated rings. The predicted molar refractivity (Wildman–Crippen MR) is 126 cm³/mol. The van der Waals surface area contributed by atoms with Crippen molar-refractivity contribution in [3.63, 3.8) is 0 Å². The summed E-state index contributed by atoms with van der Waals surface area (Å²) in [5.41, 5.74) is 0.397. The monoisotopic (exact) mass is 506 g/mol. The van der Waals surface area contributed by atoms with Crippen molar-refractivity contribution in [1.82, 2.24) is 14.9 Å². The third-order valence-corrected chi connectivity index (χ3v) is 6.32. The lowest BCUT2D eigenvalue weighted by Gasteiger charge is -2.35. The summed E-state index contributed by atoms with van der Waals surface area (Å²) in [4.78, 5) is 34.4. The Bertz CT molecular complexity index is 1220. The van der Waals surface area contributed by atoms with Crippen LogP contribution < -0.4 is 15.5 Å². The van der Waals surface area contributed by atoms with Crippen LogP contribution >= 0.6 is 11.3 Å². The summed E-state index contributed by atoms with van der Waals surface area (Å²) in [6.07, 6.45) is -4.10. The molecule has 0 unspecified atom stereocenters. The first-order valence-corrected chi connectivity index (χ1v) is 11.4. The maximum absolute atomic E-state index is 13.5. The van der Waals surface area contributed by atoms with Gasteiger partial charge in [0.2, 0.25) is 11.9 Å². The summed E-state index contributed by atoms with van der Waals surface area (Å²) in [7, 11) is 0. The molecule has 1 aromatic carbocycles. The topological polar surface area (TPSA) is 111 Å². The molecule has 1 amide bonds. The van der Waals surface area contributed by atoms with E-state index in [2.05, 4.69) is 25.5 Å². The maximum Gasteiger partial charge on any atom is 0.421 e. The lowest BCUT2D eigenvalue weighted by atomic mass is 10.2. The number of halogens is 3. The van der Waals surface area contributed by atoms with Gasteiger partial charge in [0, 0.05) is 50.7 Å². The largest absolute Gasteiger partial charge is 0.477 e. The van der Waals surface area contributed by atoms with Crippen molar-refractivity contribution < 1.29 is 27.9 Å². The number of aromatic carboxylic acids is 1. The number of benzene rings is 1. The van der Waals surface area contributed by atoms with Gasteiger partial charge < -0.3 is 25.5 Å². The van der Waals surface area contributed by atoms with Crippen LogP contribution in [0.3, 0.4) is 0 Å². The number of alkyl halides is 3. The van der Waals surface area contributed by atoms with Crippen molar-refractivity contribution in [1.29, 1.82) is 0 Å². The quantitative estimate of drug-likeness (QED) is 0.451. The first-order chi connectivity index (χ1) is 16.6. The summed E-state index contributed by atoms with van der Waals surface area (Å²) < 4.78 is 40.5. The molecule has 9 nitrogen and oxygen atoms in total. The number of carbonyl (C=O) groups is 2. The molecule has 1 aliphatic rings. The van der Waals surface area contributed by atoms with Crippen LogP contribution in [-0.2, 0) is 11.0 Å². The molecule has 13 heteroatoms. The van der Waals surface area contributed by atoms with E-state index in [0.29, 0.717) is 38.1 Å². The summed E-state index contributed by atoms with van der Waals surface area (Å²) in [5.74, 6) is -1.86. The molecule has 3 N–H and O–H groups in total. The molecular formula is C22H21F3N6O3S. The highest BCUT2D eigenvalue weighted by molar-refractivity contribution is 7.12. The van der Waals surface area contributed by atoms with Crippen molar-refractivity contribution in [3.8, 4) is 0 Å². The fourth-order valence-corrected chi connectivity index (χ4v) is 4.30. The van der Waals surface area contributed by atoms with Gasteiger partial charge in [0.05, 0.1) is 5.69 Å². The molecule has 0 radical (unpaired) electrons. The highest BCUT2D eigenvalue weighted by atomic mass is 32.1. The van der Waals surface area contributed by atoms with Crippen molar-refractivity contribution >= 4 is 52.0 Å². The number of hydrogen-bond donors (Lipinski definition) is 3. The summed E-state index contributed by atoms with van der Waals surface area (Å²) in [6.45, 7) is 4.22. The third kappa shape index (κ3) is 5.62. The third-order valence-electron chi connectivity index (χ3n) is 5.42. The van der Waals surface area contributed by atoms with Crippen LogP contribution in [0.1, 0.15) is 22.2 Å². The van der Waals surface area contributed by atoms with E-state index in [4.69, 9.17) is 0 Å². The van der Waals surface area contributed by atoms with Gasteiger partial charge in [0.1, 0.15) is 16.3 Å². The maximum atomic E-state index is 13.5. The minimum atomic E-state index is -4.74. The number of nitrogens with zero attached hydrogens (tertiary/aromatic N) is 4. The standard InChI is InChI=1S/C22H21F3N6O3S/c1-13(32)30-7-9-31(10-8-30)15-4-2-14(3-5-15)27-21-26-12-16(22(23,24)25)19(29-21)28-17-6-11-35-18(17)20(33)34/h2-6,11-12H,7-10H2,1H3,(H,33,34)(H2,26,27,28,29). The molecule has 1 aliphatic heterocycles. The lowest BCUT2D eigenvalue weighted by Crippen LogP contribution is -2.48. The molecular weight excluding hydrogens is 485 g/mol. The molecule has 1 saturated heterocycles. The number of hydrogen-bond acceptors (Lipinski definition) is 8. The van der Waals surface area contributed by atoms with E-state index in [1.54, 1.807) is 24.0 Å². The SMILES string of the molecule is CC(=O)N1CCN(c2ccc(Nc3ncc(C(F)(F)F)c(Nc4ccsc4C(=O)O)n3)cc2)CC1. The second kappa shape index (κ2) is 9.78. The molecule has 0 aliphatic carbocycles. The van der Waals surface area contributed by atoms with Gasteiger partial charge in [0.25, 0.3) is 0 Å². The van der Waals surface area contributed by atoms with Crippen LogP contribution in [-0.4, -0.2) is 58.0 Å². The van der Waals surface area contributed by atoms with Gasteiger partial charge >= 0.3 is 12.1 Å². The molecule has 0 atom stereocenters. The number of carboxylic acids is 1. The zero-order chi connectivity index (χ0) is 25.2. The number of rotatable bonds is 6. The summed E-state index contributed by atoms with van der Waals surface area (Å²) in [6, 6.07) is 8.60. The number of anilines is 5. The minimum Gasteiger partial charge on any atom is -0.477 e. The van der Waals surface area contributed by atoms with Crippen LogP contribution in [0.2, 0.25) is 0 Å². The molecule has 35 heavy (non-hydrogen) atoms. The van der Waals surface area contributed by atoms with E-state index in [1.807, 2.05) is 12.1 Å². The highest BCUT2D eigenvalue weighted by Gasteiger charge is 2.35. The van der Waals surface area contributed by atoms with Crippen molar-refractivity contribution in [2.45, 2.75) is 13.1 Å². The van der Waals surface area contributed by atoms with Gasteiger partial charge in [-0.1, -0.05) is 0 Å². The van der Waals surface area contributed by atoms with E-state index in [0.717, 1.165) is 17.0 Å². The second-order valence-electron chi connectivity index (χ2n) is 7.71. The average molecular weight is 507 g/mol. The Kier molecular flexibility index (Phi) is 6.78. The molecule has 184 valence electrons. The molecule has 3 aromatic rings. The fraction of sp³-hybridized carbons (Fsp3) is 0.273. The number of thiophene rings is 1. The van der Waals surface area contributed by atoms with Gasteiger partial charge in [0.15, 0.2) is 0 Å². The van der Waals surface area contributed by atoms with Crippen LogP contribution in [0, 0.1) is 0 Å². The number of carboxylic acid groups (broad SMARTS) is 1. The Hall–Kier alpha value is -3.87. The second-order valence-corrected chi connectivity index (χ2v) is 8.63. The summed E-state index contributed by atoms with van der Waals surface area (Å²) >= 11 is 0.886. The lowest BCUT2D eigenvalue weighted by molar-refractivity contribution is -0.137. The fourth-order valence-electron chi connectivity index (χ4n) is 3.61. The smallest absolute Gasteiger partial charge is 0.421 e. The Labute approximate surface area is 202 Å². The Morgan fingerprint density at radius 3 is 2.34 bits per heavy atom. The first-order valence-electron chi connectivity index (χ1n) is 10.5. The summed E-state index contributed by atoms with van der Waals surface area (Å²) in [5, 5.41) is 16.1. The number of aromatic nitrogens is 2. The zero-order valence-electron chi connectivity index (χ0n) is 18.5. The molecule has 0 spiro atoms. The predicted octanol–water partition coefficient (Wildman–Crippen LogP) is 4.41. The Morgan fingerprint density at radius 1 is 1.06 bits per heavy atom. The van der Waals surface area contributed by atoms with Gasteiger partial charge in [-0.3, -0.25) is 4.79 Å². The number of piperazine rings is 1. The van der Waals surface area contributed by atoms with Gasteiger partial charge in [-0.15, -0.1) is 11.3 Å².